The highest BCUT2D eigenvalue weighted by Crippen LogP contribution is 2.38. The minimum atomic E-state index is -4.67. The first kappa shape index (κ1) is 21.8. The maximum absolute atomic E-state index is 10.9. The van der Waals surface area contributed by atoms with Crippen molar-refractivity contribution >= 4 is 24.8 Å². The fraction of sp³-hybridized carbons (Fsp3) is 0.389. The van der Waals surface area contributed by atoms with Gasteiger partial charge in [-0.2, -0.15) is 0 Å². The lowest BCUT2D eigenvalue weighted by molar-refractivity contribution is -0.0424. The molecule has 0 saturated carbocycles. The van der Waals surface area contributed by atoms with Crippen molar-refractivity contribution in [3.8, 4) is 0 Å². The van der Waals surface area contributed by atoms with E-state index in [0.717, 1.165) is 5.56 Å². The Balaban J connectivity index is 1.47. The fourth-order valence-corrected chi connectivity index (χ4v) is 3.73. The number of ether oxygens (including phenoxy) is 1. The minimum absolute atomic E-state index is 0.167. The zero-order chi connectivity index (χ0) is 22.0. The highest BCUT2D eigenvalue weighted by molar-refractivity contribution is 7.46. The number of benzene rings is 1. The van der Waals surface area contributed by atoms with Gasteiger partial charge in [0.05, 0.1) is 25.1 Å². The van der Waals surface area contributed by atoms with Crippen LogP contribution in [0.1, 0.15) is 24.3 Å². The second-order valence-electron chi connectivity index (χ2n) is 7.07. The van der Waals surface area contributed by atoms with Crippen molar-refractivity contribution < 1.29 is 33.8 Å². The van der Waals surface area contributed by atoms with Crippen molar-refractivity contribution in [2.45, 2.75) is 31.0 Å². The zero-order valence-corrected chi connectivity index (χ0v) is 17.1. The van der Waals surface area contributed by atoms with Gasteiger partial charge in [-0.05, 0) is 5.56 Å². The van der Waals surface area contributed by atoms with E-state index in [1.165, 1.54) is 12.7 Å². The first-order valence-electron chi connectivity index (χ1n) is 9.50. The van der Waals surface area contributed by atoms with Crippen LogP contribution >= 0.6 is 7.82 Å². The number of hydrogen-bond donors (Lipinski definition) is 5. The number of nitrogens with one attached hydrogen (secondary N) is 1. The van der Waals surface area contributed by atoms with Gasteiger partial charge in [0.1, 0.15) is 18.7 Å². The average molecular weight is 451 g/mol. The van der Waals surface area contributed by atoms with Crippen molar-refractivity contribution in [1.82, 2.24) is 19.5 Å². The van der Waals surface area contributed by atoms with E-state index < -0.39 is 39.0 Å². The van der Waals surface area contributed by atoms with Gasteiger partial charge in [-0.15, -0.1) is 0 Å². The van der Waals surface area contributed by atoms with Crippen LogP contribution in [0.4, 0.5) is 5.82 Å². The second-order valence-corrected chi connectivity index (χ2v) is 8.31. The number of nitrogens with zero attached hydrogens (tertiary/aromatic N) is 4. The van der Waals surface area contributed by atoms with Crippen molar-refractivity contribution in [2.24, 2.45) is 0 Å². The van der Waals surface area contributed by atoms with Crippen LogP contribution in [0.25, 0.3) is 11.2 Å². The van der Waals surface area contributed by atoms with Crippen LogP contribution in [0.5, 0.6) is 0 Å². The summed E-state index contributed by atoms with van der Waals surface area (Å²) in [5.41, 5.74) is 1.67. The highest BCUT2D eigenvalue weighted by atomic mass is 31.2. The van der Waals surface area contributed by atoms with Crippen LogP contribution in [0, 0.1) is 0 Å². The number of anilines is 1. The number of imidazole rings is 1. The van der Waals surface area contributed by atoms with Crippen molar-refractivity contribution in [1.29, 1.82) is 0 Å². The van der Waals surface area contributed by atoms with E-state index in [4.69, 9.17) is 14.5 Å². The summed E-state index contributed by atoms with van der Waals surface area (Å²) in [5, 5.41) is 23.6. The summed E-state index contributed by atoms with van der Waals surface area (Å²) in [7, 11) is -4.67. The van der Waals surface area contributed by atoms with E-state index in [-0.39, 0.29) is 13.0 Å². The Bertz CT molecular complexity index is 1080. The quantitative estimate of drug-likeness (QED) is 0.306. The normalized spacial score (nSPS) is 22.6. The van der Waals surface area contributed by atoms with Gasteiger partial charge in [-0.3, -0.25) is 9.09 Å². The lowest BCUT2D eigenvalue weighted by Crippen LogP contribution is -2.25. The summed E-state index contributed by atoms with van der Waals surface area (Å²) in [4.78, 5) is 30.4. The van der Waals surface area contributed by atoms with Gasteiger partial charge in [0.2, 0.25) is 0 Å². The number of aromatic nitrogens is 4. The number of phosphoric ester groups is 1. The molecule has 0 bridgehead atoms. The molecule has 3 heterocycles. The van der Waals surface area contributed by atoms with E-state index in [1.54, 1.807) is 4.57 Å². The molecule has 0 spiro atoms. The summed E-state index contributed by atoms with van der Waals surface area (Å²) < 4.78 is 22.6. The average Bonchev–Trinajstić information content (AvgIpc) is 3.34. The third-order valence-electron chi connectivity index (χ3n) is 4.93. The highest BCUT2D eigenvalue weighted by Gasteiger charge is 2.37. The molecule has 0 aliphatic carbocycles. The third-order valence-corrected chi connectivity index (χ3v) is 5.41. The summed E-state index contributed by atoms with van der Waals surface area (Å²) in [5.74, 6) is 0.429. The SMILES string of the molecule is O=P(O)(O)OC[C@H]1O[C@@H](n2cnc3c(NC[C@@H](O)c4ccccc4)ncnc32)C[C@@H]1O. The third kappa shape index (κ3) is 5.08. The Labute approximate surface area is 176 Å². The molecule has 166 valence electrons. The Morgan fingerprint density at radius 3 is 2.77 bits per heavy atom. The molecule has 2 aromatic heterocycles. The molecule has 12 nitrogen and oxygen atoms in total. The van der Waals surface area contributed by atoms with Crippen LogP contribution in [-0.4, -0.2) is 64.9 Å². The molecule has 4 rings (SSSR count). The van der Waals surface area contributed by atoms with Crippen LogP contribution in [0.15, 0.2) is 43.0 Å². The van der Waals surface area contributed by atoms with Gasteiger partial charge in [0, 0.05) is 13.0 Å². The lowest BCUT2D eigenvalue weighted by atomic mass is 10.1. The van der Waals surface area contributed by atoms with Crippen molar-refractivity contribution in [2.75, 3.05) is 18.5 Å². The Morgan fingerprint density at radius 1 is 1.26 bits per heavy atom. The predicted molar refractivity (Wildman–Crippen MR) is 108 cm³/mol. The molecule has 1 aliphatic heterocycles. The molecule has 0 radical (unpaired) electrons. The number of fused-ring (bicyclic) bond motifs is 1. The maximum atomic E-state index is 10.9. The molecular formula is C18H22N5O7P. The van der Waals surface area contributed by atoms with Crippen molar-refractivity contribution in [3.05, 3.63) is 48.5 Å². The van der Waals surface area contributed by atoms with E-state index in [2.05, 4.69) is 24.8 Å². The molecule has 0 unspecified atom stereocenters. The summed E-state index contributed by atoms with van der Waals surface area (Å²) in [6, 6.07) is 9.21. The van der Waals surface area contributed by atoms with Gasteiger partial charge < -0.3 is 30.1 Å². The number of aliphatic hydroxyl groups is 2. The zero-order valence-electron chi connectivity index (χ0n) is 16.2. The van der Waals surface area contributed by atoms with Crippen molar-refractivity contribution in [3.63, 3.8) is 0 Å². The number of rotatable bonds is 8. The van der Waals surface area contributed by atoms with Crippen LogP contribution < -0.4 is 5.32 Å². The van der Waals surface area contributed by atoms with E-state index in [1.807, 2.05) is 30.3 Å². The Morgan fingerprint density at radius 2 is 2.03 bits per heavy atom. The number of hydrogen-bond acceptors (Lipinski definition) is 9. The van der Waals surface area contributed by atoms with Gasteiger partial charge in [0.15, 0.2) is 17.0 Å². The molecule has 1 aliphatic rings. The number of phosphoric acid groups is 1. The smallest absolute Gasteiger partial charge is 0.390 e. The molecule has 1 fully saturated rings. The monoisotopic (exact) mass is 451 g/mol. The Kier molecular flexibility index (Phi) is 6.30. The molecular weight excluding hydrogens is 429 g/mol. The van der Waals surface area contributed by atoms with Gasteiger partial charge in [0.25, 0.3) is 0 Å². The molecule has 1 aromatic carbocycles. The molecule has 5 N–H and O–H groups in total. The maximum Gasteiger partial charge on any atom is 0.469 e. The fourth-order valence-electron chi connectivity index (χ4n) is 3.38. The molecule has 1 saturated heterocycles. The second kappa shape index (κ2) is 8.97. The van der Waals surface area contributed by atoms with E-state index in [9.17, 15) is 14.8 Å². The molecule has 13 heteroatoms. The first-order valence-corrected chi connectivity index (χ1v) is 11.0. The Hall–Kier alpha value is -2.44. The molecule has 0 amide bonds. The largest absolute Gasteiger partial charge is 0.469 e. The van der Waals surface area contributed by atoms with Gasteiger partial charge in [-0.1, -0.05) is 30.3 Å². The van der Waals surface area contributed by atoms with Crippen LogP contribution in [0.3, 0.4) is 0 Å². The molecule has 3 aromatic rings. The number of aliphatic hydroxyl groups excluding tert-OH is 2. The topological polar surface area (TPSA) is 172 Å². The molecule has 4 atom stereocenters. The van der Waals surface area contributed by atoms with Crippen LogP contribution in [0.2, 0.25) is 0 Å². The van der Waals surface area contributed by atoms with E-state index in [0.29, 0.717) is 17.0 Å². The summed E-state index contributed by atoms with van der Waals surface area (Å²) in [6.45, 7) is -0.239. The molecule has 31 heavy (non-hydrogen) atoms. The van der Waals surface area contributed by atoms with Gasteiger partial charge >= 0.3 is 7.82 Å². The van der Waals surface area contributed by atoms with Crippen LogP contribution in [-0.2, 0) is 13.8 Å². The lowest BCUT2D eigenvalue weighted by Gasteiger charge is -2.16. The first-order chi connectivity index (χ1) is 14.8. The summed E-state index contributed by atoms with van der Waals surface area (Å²) >= 11 is 0. The predicted octanol–water partition coefficient (Wildman–Crippen LogP) is 0.729. The standard InChI is InChI=1S/C18H22N5O7P/c24-12-6-15(30-14(12)8-29-31(26,27)28)23-10-22-16-17(20-9-21-18(16)23)19-7-13(25)11-4-2-1-3-5-11/h1-5,9-10,12-15,24-25H,6-8H2,(H,19,20,21)(H2,26,27,28)/t12-,13+,14+,15+/m0/s1. The van der Waals surface area contributed by atoms with E-state index >= 15 is 0 Å². The van der Waals surface area contributed by atoms with Gasteiger partial charge in [-0.25, -0.2) is 19.5 Å². The summed E-state index contributed by atoms with van der Waals surface area (Å²) in [6.07, 6.45) is -0.274. The minimum Gasteiger partial charge on any atom is -0.390 e.